The number of nitrogens with one attached hydrogen (secondary N) is 1. The van der Waals surface area contributed by atoms with E-state index in [1.807, 2.05) is 36.4 Å². The van der Waals surface area contributed by atoms with Crippen LogP contribution >= 0.6 is 0 Å². The first-order valence-corrected chi connectivity index (χ1v) is 5.24. The number of rotatable bonds is 1. The van der Waals surface area contributed by atoms with Crippen molar-refractivity contribution in [3.63, 3.8) is 0 Å². The summed E-state index contributed by atoms with van der Waals surface area (Å²) >= 11 is 0. The van der Waals surface area contributed by atoms with Crippen LogP contribution in [-0.2, 0) is 0 Å². The van der Waals surface area contributed by atoms with Crippen LogP contribution in [0.4, 0.5) is 0 Å². The van der Waals surface area contributed by atoms with E-state index in [0.29, 0.717) is 11.0 Å². The van der Waals surface area contributed by atoms with Gasteiger partial charge in [0.15, 0.2) is 5.65 Å². The van der Waals surface area contributed by atoms with Crippen molar-refractivity contribution in [1.29, 1.82) is 0 Å². The third-order valence-electron chi connectivity index (χ3n) is 2.63. The van der Waals surface area contributed by atoms with Crippen molar-refractivity contribution in [3.8, 4) is 11.1 Å². The molecule has 1 aromatic carbocycles. The van der Waals surface area contributed by atoms with Crippen LogP contribution in [-0.4, -0.2) is 15.0 Å². The highest BCUT2D eigenvalue weighted by molar-refractivity contribution is 5.91. The SMILES string of the molecule is O=c1[nH]cnc2nccc(-c3ccccc3)c12. The summed E-state index contributed by atoms with van der Waals surface area (Å²) in [5.41, 5.74) is 2.14. The molecule has 3 aromatic rings. The van der Waals surface area contributed by atoms with E-state index in [-0.39, 0.29) is 5.56 Å². The lowest BCUT2D eigenvalue weighted by Crippen LogP contribution is -2.08. The molecule has 0 aliphatic carbocycles. The fraction of sp³-hybridized carbons (Fsp3) is 0. The van der Waals surface area contributed by atoms with Crippen LogP contribution in [0.2, 0.25) is 0 Å². The molecule has 0 saturated carbocycles. The van der Waals surface area contributed by atoms with Crippen LogP contribution in [0.15, 0.2) is 53.7 Å². The minimum Gasteiger partial charge on any atom is -0.312 e. The van der Waals surface area contributed by atoms with Crippen LogP contribution in [0, 0.1) is 0 Å². The molecule has 2 heterocycles. The fourth-order valence-electron chi connectivity index (χ4n) is 1.85. The first-order chi connectivity index (χ1) is 8.36. The lowest BCUT2D eigenvalue weighted by Gasteiger charge is -2.03. The molecule has 17 heavy (non-hydrogen) atoms. The summed E-state index contributed by atoms with van der Waals surface area (Å²) in [6.45, 7) is 0. The zero-order valence-electron chi connectivity index (χ0n) is 8.92. The zero-order valence-corrected chi connectivity index (χ0v) is 8.92. The lowest BCUT2D eigenvalue weighted by molar-refractivity contribution is 1.14. The number of nitrogens with zero attached hydrogens (tertiary/aromatic N) is 2. The molecule has 0 bridgehead atoms. The maximum Gasteiger partial charge on any atom is 0.260 e. The Morgan fingerprint density at radius 2 is 1.82 bits per heavy atom. The second-order valence-corrected chi connectivity index (χ2v) is 3.65. The number of pyridine rings is 1. The topological polar surface area (TPSA) is 58.6 Å². The molecule has 2 aromatic heterocycles. The highest BCUT2D eigenvalue weighted by Crippen LogP contribution is 2.23. The molecule has 3 rings (SSSR count). The van der Waals surface area contributed by atoms with E-state index in [9.17, 15) is 4.79 Å². The van der Waals surface area contributed by atoms with Gasteiger partial charge in [0.25, 0.3) is 5.56 Å². The van der Waals surface area contributed by atoms with Gasteiger partial charge in [-0.25, -0.2) is 9.97 Å². The van der Waals surface area contributed by atoms with Gasteiger partial charge in [-0.2, -0.15) is 0 Å². The van der Waals surface area contributed by atoms with Crippen LogP contribution in [0.3, 0.4) is 0 Å². The summed E-state index contributed by atoms with van der Waals surface area (Å²) < 4.78 is 0. The van der Waals surface area contributed by atoms with E-state index >= 15 is 0 Å². The Labute approximate surface area is 97.0 Å². The van der Waals surface area contributed by atoms with Crippen molar-refractivity contribution in [1.82, 2.24) is 15.0 Å². The quantitative estimate of drug-likeness (QED) is 0.686. The Hall–Kier alpha value is -2.49. The number of fused-ring (bicyclic) bond motifs is 1. The Bertz CT molecular complexity index is 714. The van der Waals surface area contributed by atoms with Gasteiger partial charge in [-0.15, -0.1) is 0 Å². The van der Waals surface area contributed by atoms with Crippen LogP contribution < -0.4 is 5.56 Å². The van der Waals surface area contributed by atoms with Gasteiger partial charge in [0.05, 0.1) is 11.7 Å². The molecule has 0 saturated heterocycles. The van der Waals surface area contributed by atoms with E-state index in [0.717, 1.165) is 11.1 Å². The molecule has 0 aliphatic rings. The van der Waals surface area contributed by atoms with Gasteiger partial charge in [0, 0.05) is 6.20 Å². The molecule has 0 unspecified atom stereocenters. The largest absolute Gasteiger partial charge is 0.312 e. The minimum absolute atomic E-state index is 0.165. The number of H-pyrrole nitrogens is 1. The summed E-state index contributed by atoms with van der Waals surface area (Å²) in [5, 5.41) is 0.529. The van der Waals surface area contributed by atoms with Gasteiger partial charge in [-0.3, -0.25) is 4.79 Å². The second-order valence-electron chi connectivity index (χ2n) is 3.65. The zero-order chi connectivity index (χ0) is 11.7. The van der Waals surface area contributed by atoms with E-state index in [1.54, 1.807) is 6.20 Å². The Morgan fingerprint density at radius 1 is 1.00 bits per heavy atom. The first kappa shape index (κ1) is 9.72. The minimum atomic E-state index is -0.165. The molecule has 0 radical (unpaired) electrons. The van der Waals surface area contributed by atoms with Gasteiger partial charge >= 0.3 is 0 Å². The van der Waals surface area contributed by atoms with Crippen molar-refractivity contribution in [2.24, 2.45) is 0 Å². The number of aromatic nitrogens is 3. The molecule has 1 N–H and O–H groups in total. The van der Waals surface area contributed by atoms with E-state index < -0.39 is 0 Å². The van der Waals surface area contributed by atoms with Crippen molar-refractivity contribution in [3.05, 3.63) is 59.3 Å². The standard InChI is InChI=1S/C13H9N3O/c17-13-11-10(9-4-2-1-3-5-9)6-7-14-12(11)15-8-16-13/h1-8H,(H,14,15,16,17). The number of hydrogen-bond acceptors (Lipinski definition) is 3. The predicted octanol–water partition coefficient (Wildman–Crippen LogP) is 1.99. The first-order valence-electron chi connectivity index (χ1n) is 5.24. The highest BCUT2D eigenvalue weighted by atomic mass is 16.1. The summed E-state index contributed by atoms with van der Waals surface area (Å²) in [6, 6.07) is 11.6. The second kappa shape index (κ2) is 3.83. The third-order valence-corrected chi connectivity index (χ3v) is 2.63. The van der Waals surface area contributed by atoms with Gasteiger partial charge in [-0.05, 0) is 17.2 Å². The van der Waals surface area contributed by atoms with Gasteiger partial charge in [0.2, 0.25) is 0 Å². The van der Waals surface area contributed by atoms with Crippen LogP contribution in [0.25, 0.3) is 22.2 Å². The monoisotopic (exact) mass is 223 g/mol. The molecule has 0 spiro atoms. The summed E-state index contributed by atoms with van der Waals surface area (Å²) in [7, 11) is 0. The number of hydrogen-bond donors (Lipinski definition) is 1. The van der Waals surface area contributed by atoms with Gasteiger partial charge in [0.1, 0.15) is 0 Å². The van der Waals surface area contributed by atoms with E-state index in [1.165, 1.54) is 6.33 Å². The number of benzene rings is 1. The fourth-order valence-corrected chi connectivity index (χ4v) is 1.85. The molecule has 0 atom stereocenters. The predicted molar refractivity (Wildman–Crippen MR) is 65.6 cm³/mol. The lowest BCUT2D eigenvalue weighted by atomic mass is 10.0. The molecule has 0 fully saturated rings. The molecular weight excluding hydrogens is 214 g/mol. The Morgan fingerprint density at radius 3 is 2.65 bits per heavy atom. The summed E-state index contributed by atoms with van der Waals surface area (Å²) in [6.07, 6.45) is 3.03. The van der Waals surface area contributed by atoms with Gasteiger partial charge < -0.3 is 4.98 Å². The molecule has 82 valence electrons. The highest BCUT2D eigenvalue weighted by Gasteiger charge is 2.07. The van der Waals surface area contributed by atoms with Crippen molar-refractivity contribution in [2.75, 3.05) is 0 Å². The number of aromatic amines is 1. The average Bonchev–Trinajstić information content (AvgIpc) is 2.39. The summed E-state index contributed by atoms with van der Waals surface area (Å²) in [5.74, 6) is 0. The summed E-state index contributed by atoms with van der Waals surface area (Å²) in [4.78, 5) is 22.6. The van der Waals surface area contributed by atoms with E-state index in [4.69, 9.17) is 0 Å². The maximum absolute atomic E-state index is 11.8. The van der Waals surface area contributed by atoms with Crippen molar-refractivity contribution >= 4 is 11.0 Å². The average molecular weight is 223 g/mol. The Balaban J connectivity index is 2.42. The molecular formula is C13H9N3O. The van der Waals surface area contributed by atoms with Gasteiger partial charge in [-0.1, -0.05) is 30.3 Å². The van der Waals surface area contributed by atoms with Crippen LogP contribution in [0.5, 0.6) is 0 Å². The molecule has 0 amide bonds. The third kappa shape index (κ3) is 1.59. The normalized spacial score (nSPS) is 10.6. The Kier molecular flexibility index (Phi) is 2.19. The van der Waals surface area contributed by atoms with Crippen LogP contribution in [0.1, 0.15) is 0 Å². The smallest absolute Gasteiger partial charge is 0.260 e. The molecule has 4 heteroatoms. The molecule has 0 aliphatic heterocycles. The maximum atomic E-state index is 11.8. The van der Waals surface area contributed by atoms with E-state index in [2.05, 4.69) is 15.0 Å². The molecule has 4 nitrogen and oxygen atoms in total. The van der Waals surface area contributed by atoms with Crippen molar-refractivity contribution in [2.45, 2.75) is 0 Å². The van der Waals surface area contributed by atoms with Crippen molar-refractivity contribution < 1.29 is 0 Å².